The van der Waals surface area contributed by atoms with Gasteiger partial charge in [-0.05, 0) is 24.1 Å². The first-order valence-electron chi connectivity index (χ1n) is 7.33. The van der Waals surface area contributed by atoms with Gasteiger partial charge in [0.2, 0.25) is 0 Å². The van der Waals surface area contributed by atoms with Gasteiger partial charge in [0.1, 0.15) is 0 Å². The van der Waals surface area contributed by atoms with Gasteiger partial charge in [-0.1, -0.05) is 6.07 Å². The lowest BCUT2D eigenvalue weighted by Gasteiger charge is -2.44. The molecule has 0 bridgehead atoms. The second kappa shape index (κ2) is 6.79. The minimum atomic E-state index is -2.62. The summed E-state index contributed by atoms with van der Waals surface area (Å²) in [7, 11) is 3.20. The number of halogens is 2. The summed E-state index contributed by atoms with van der Waals surface area (Å²) in [6, 6.07) is 5.43. The zero-order chi connectivity index (χ0) is 16.2. The van der Waals surface area contributed by atoms with Crippen LogP contribution in [0.3, 0.4) is 0 Å². The van der Waals surface area contributed by atoms with E-state index in [1.54, 1.807) is 20.3 Å². The van der Waals surface area contributed by atoms with Crippen LogP contribution in [0.15, 0.2) is 18.2 Å². The van der Waals surface area contributed by atoms with Gasteiger partial charge in [-0.15, -0.1) is 0 Å². The second-order valence-electron chi connectivity index (χ2n) is 5.93. The van der Waals surface area contributed by atoms with Crippen LogP contribution in [0.1, 0.15) is 24.8 Å². The molecule has 1 aliphatic carbocycles. The number of rotatable bonds is 8. The molecule has 0 heterocycles. The van der Waals surface area contributed by atoms with Crippen LogP contribution >= 0.6 is 0 Å². The summed E-state index contributed by atoms with van der Waals surface area (Å²) < 4.78 is 42.0. The highest BCUT2D eigenvalue weighted by Gasteiger charge is 2.54. The summed E-state index contributed by atoms with van der Waals surface area (Å²) in [5.41, 5.74) is 6.05. The monoisotopic (exact) mass is 315 g/mol. The molecule has 1 saturated carbocycles. The lowest BCUT2D eigenvalue weighted by atomic mass is 9.71. The molecule has 1 fully saturated rings. The summed E-state index contributed by atoms with van der Waals surface area (Å²) in [5, 5.41) is 0. The number of hydrogen-bond acceptors (Lipinski definition) is 4. The van der Waals surface area contributed by atoms with Crippen LogP contribution in [0.2, 0.25) is 0 Å². The predicted molar refractivity (Wildman–Crippen MR) is 79.8 cm³/mol. The van der Waals surface area contributed by atoms with E-state index < -0.39 is 11.5 Å². The molecule has 2 N–H and O–H groups in total. The van der Waals surface area contributed by atoms with Crippen LogP contribution < -0.4 is 15.2 Å². The van der Waals surface area contributed by atoms with Gasteiger partial charge in [0.05, 0.1) is 13.7 Å². The van der Waals surface area contributed by atoms with Gasteiger partial charge in [0, 0.05) is 38.5 Å². The molecule has 0 aromatic heterocycles. The first-order valence-corrected chi connectivity index (χ1v) is 7.33. The van der Waals surface area contributed by atoms with Crippen molar-refractivity contribution in [1.29, 1.82) is 0 Å². The highest BCUT2D eigenvalue weighted by Crippen LogP contribution is 2.46. The minimum absolute atomic E-state index is 0.268. The molecule has 22 heavy (non-hydrogen) atoms. The van der Waals surface area contributed by atoms with E-state index in [0.29, 0.717) is 31.1 Å². The number of ether oxygens (including phenoxy) is 3. The van der Waals surface area contributed by atoms with Gasteiger partial charge >= 0.3 is 0 Å². The van der Waals surface area contributed by atoms with Gasteiger partial charge < -0.3 is 19.9 Å². The molecule has 0 radical (unpaired) electrons. The van der Waals surface area contributed by atoms with Crippen molar-refractivity contribution in [2.75, 3.05) is 27.4 Å². The smallest absolute Gasteiger partial charge is 0.251 e. The van der Waals surface area contributed by atoms with E-state index in [4.69, 9.17) is 19.9 Å². The molecule has 0 saturated heterocycles. The van der Waals surface area contributed by atoms with Crippen molar-refractivity contribution in [2.45, 2.75) is 37.1 Å². The molecule has 0 unspecified atom stereocenters. The largest absolute Gasteiger partial charge is 0.493 e. The van der Waals surface area contributed by atoms with E-state index in [2.05, 4.69) is 0 Å². The predicted octanol–water partition coefficient (Wildman–Crippen LogP) is 2.78. The SMILES string of the molecule is COCCCOc1cc(CC2(N)CC(F)(F)C2)ccc1OC. The van der Waals surface area contributed by atoms with Gasteiger partial charge in [-0.3, -0.25) is 0 Å². The quantitative estimate of drug-likeness (QED) is 0.750. The highest BCUT2D eigenvalue weighted by molar-refractivity contribution is 5.43. The maximum atomic E-state index is 13.0. The highest BCUT2D eigenvalue weighted by atomic mass is 19.3. The number of methoxy groups -OCH3 is 2. The van der Waals surface area contributed by atoms with E-state index in [-0.39, 0.29) is 12.8 Å². The fourth-order valence-corrected chi connectivity index (χ4v) is 2.84. The fraction of sp³-hybridized carbons (Fsp3) is 0.625. The van der Waals surface area contributed by atoms with E-state index in [1.807, 2.05) is 12.1 Å². The van der Waals surface area contributed by atoms with Crippen LogP contribution in [0.25, 0.3) is 0 Å². The maximum absolute atomic E-state index is 13.0. The zero-order valence-electron chi connectivity index (χ0n) is 13.0. The van der Waals surface area contributed by atoms with Crippen molar-refractivity contribution < 1.29 is 23.0 Å². The third-order valence-electron chi connectivity index (χ3n) is 3.76. The van der Waals surface area contributed by atoms with E-state index in [0.717, 1.165) is 12.0 Å². The standard InChI is InChI=1S/C16H23F2NO3/c1-20-6-3-7-22-14-8-12(4-5-13(14)21-2)9-15(19)10-16(17,18)11-15/h4-5,8H,3,6-7,9-11,19H2,1-2H3. The summed E-state index contributed by atoms with van der Waals surface area (Å²) in [4.78, 5) is 0. The van der Waals surface area contributed by atoms with Gasteiger partial charge in [-0.25, -0.2) is 8.78 Å². The molecular weight excluding hydrogens is 292 g/mol. The van der Waals surface area contributed by atoms with Crippen LogP contribution in [0, 0.1) is 0 Å². The van der Waals surface area contributed by atoms with Crippen molar-refractivity contribution in [1.82, 2.24) is 0 Å². The molecule has 0 aliphatic heterocycles. The molecule has 0 spiro atoms. The third-order valence-corrected chi connectivity index (χ3v) is 3.76. The van der Waals surface area contributed by atoms with Crippen LogP contribution in [0.4, 0.5) is 8.78 Å². The maximum Gasteiger partial charge on any atom is 0.251 e. The Morgan fingerprint density at radius 2 is 1.86 bits per heavy atom. The summed E-state index contributed by atoms with van der Waals surface area (Å²) >= 11 is 0. The van der Waals surface area contributed by atoms with Gasteiger partial charge in [0.25, 0.3) is 5.92 Å². The Balaban J connectivity index is 2.00. The van der Waals surface area contributed by atoms with Gasteiger partial charge in [-0.2, -0.15) is 0 Å². The van der Waals surface area contributed by atoms with Crippen molar-refractivity contribution >= 4 is 0 Å². The Morgan fingerprint density at radius 3 is 2.45 bits per heavy atom. The van der Waals surface area contributed by atoms with Crippen LogP contribution in [-0.4, -0.2) is 38.9 Å². The summed E-state index contributed by atoms with van der Waals surface area (Å²) in [6.45, 7) is 1.11. The lowest BCUT2D eigenvalue weighted by molar-refractivity contribution is -0.121. The molecule has 1 aliphatic rings. The Kier molecular flexibility index (Phi) is 5.24. The Labute approximate surface area is 129 Å². The van der Waals surface area contributed by atoms with E-state index >= 15 is 0 Å². The second-order valence-corrected chi connectivity index (χ2v) is 5.93. The molecule has 124 valence electrons. The van der Waals surface area contributed by atoms with Gasteiger partial charge in [0.15, 0.2) is 11.5 Å². The summed E-state index contributed by atoms with van der Waals surface area (Å²) in [6.07, 6.45) is 0.629. The first kappa shape index (κ1) is 17.0. The molecule has 6 heteroatoms. The van der Waals surface area contributed by atoms with E-state index in [9.17, 15) is 8.78 Å². The first-order chi connectivity index (χ1) is 10.4. The topological polar surface area (TPSA) is 53.7 Å². The Morgan fingerprint density at radius 1 is 1.14 bits per heavy atom. The molecule has 0 atom stereocenters. The molecule has 4 nitrogen and oxygen atoms in total. The van der Waals surface area contributed by atoms with Crippen molar-refractivity contribution in [3.8, 4) is 11.5 Å². The molecule has 1 aromatic carbocycles. The van der Waals surface area contributed by atoms with Crippen molar-refractivity contribution in [2.24, 2.45) is 5.73 Å². The normalized spacial score (nSPS) is 18.6. The molecule has 2 rings (SSSR count). The Bertz CT molecular complexity index is 500. The van der Waals surface area contributed by atoms with Crippen molar-refractivity contribution in [3.05, 3.63) is 23.8 Å². The number of alkyl halides is 2. The van der Waals surface area contributed by atoms with Crippen LogP contribution in [0.5, 0.6) is 11.5 Å². The summed E-state index contributed by atoms with van der Waals surface area (Å²) in [5.74, 6) is -1.40. The molecular formula is C16H23F2NO3. The Hall–Kier alpha value is -1.40. The van der Waals surface area contributed by atoms with E-state index in [1.165, 1.54) is 0 Å². The van der Waals surface area contributed by atoms with Crippen molar-refractivity contribution in [3.63, 3.8) is 0 Å². The number of nitrogens with two attached hydrogens (primary N) is 1. The van der Waals surface area contributed by atoms with Crippen LogP contribution in [-0.2, 0) is 11.2 Å². The molecule has 0 amide bonds. The zero-order valence-corrected chi connectivity index (χ0v) is 13.0. The fourth-order valence-electron chi connectivity index (χ4n) is 2.84. The minimum Gasteiger partial charge on any atom is -0.493 e. The number of benzene rings is 1. The number of hydrogen-bond donors (Lipinski definition) is 1. The third kappa shape index (κ3) is 4.30. The lowest BCUT2D eigenvalue weighted by Crippen LogP contribution is -2.59. The molecule has 1 aromatic rings. The average molecular weight is 315 g/mol. The average Bonchev–Trinajstić information content (AvgIpc) is 2.41.